The molecule has 11 N–H and O–H groups in total. The molecule has 0 unspecified atom stereocenters. The third kappa shape index (κ3) is 17.1. The molecule has 0 radical (unpaired) electrons. The average Bonchev–Trinajstić information content (AvgIpc) is 2.88. The van der Waals surface area contributed by atoms with Crippen molar-refractivity contribution < 1.29 is 23.1 Å². The van der Waals surface area contributed by atoms with Crippen LogP contribution in [0.25, 0.3) is 0 Å². The lowest BCUT2D eigenvalue weighted by atomic mass is 10.2. The topological polar surface area (TPSA) is 215 Å². The van der Waals surface area contributed by atoms with Crippen LogP contribution in [0, 0.1) is 0 Å². The fourth-order valence-electron chi connectivity index (χ4n) is 2.70. The van der Waals surface area contributed by atoms with Crippen molar-refractivity contribution in [1.82, 2.24) is 0 Å². The lowest BCUT2D eigenvalue weighted by molar-refractivity contribution is -0.192. The molecular formula is C24H31Cl2F3N10O2. The van der Waals surface area contributed by atoms with Gasteiger partial charge in [-0.2, -0.15) is 23.2 Å². The number of hydrogen-bond acceptors (Lipinski definition) is 3. The maximum absolute atomic E-state index is 10.6. The van der Waals surface area contributed by atoms with Crippen LogP contribution in [0.15, 0.2) is 68.5 Å². The second-order valence-electron chi connectivity index (χ2n) is 7.95. The van der Waals surface area contributed by atoms with Crippen LogP contribution in [0.1, 0.15) is 25.7 Å². The largest absolute Gasteiger partial charge is 0.490 e. The number of aliphatic carboxylic acids is 1. The number of carboxylic acids is 1. The molecule has 0 saturated carbocycles. The number of carboxylic acid groups (broad SMARTS) is 1. The van der Waals surface area contributed by atoms with Gasteiger partial charge in [0, 0.05) is 34.5 Å². The Kier molecular flexibility index (Phi) is 15.4. The highest BCUT2D eigenvalue weighted by Gasteiger charge is 2.38. The summed E-state index contributed by atoms with van der Waals surface area (Å²) in [6, 6.07) is 14.1. The monoisotopic (exact) mass is 618 g/mol. The Morgan fingerprint density at radius 3 is 1.32 bits per heavy atom. The summed E-state index contributed by atoms with van der Waals surface area (Å²) in [5, 5.41) is 14.2. The molecule has 2 aromatic rings. The highest BCUT2D eigenvalue weighted by Crippen LogP contribution is 2.14. The molecule has 224 valence electrons. The van der Waals surface area contributed by atoms with Gasteiger partial charge < -0.3 is 38.7 Å². The fourth-order valence-corrected chi connectivity index (χ4v) is 2.95. The zero-order valence-electron chi connectivity index (χ0n) is 21.7. The Hall–Kier alpha value is -4.24. The van der Waals surface area contributed by atoms with Crippen LogP contribution < -0.4 is 33.6 Å². The van der Waals surface area contributed by atoms with Crippen molar-refractivity contribution in [3.63, 3.8) is 0 Å². The number of alkyl halides is 3. The van der Waals surface area contributed by atoms with Gasteiger partial charge in [0.15, 0.2) is 0 Å². The molecule has 41 heavy (non-hydrogen) atoms. The summed E-state index contributed by atoms with van der Waals surface area (Å²) in [5.74, 6) is -2.19. The van der Waals surface area contributed by atoms with Gasteiger partial charge in [0.05, 0.1) is 0 Å². The van der Waals surface area contributed by atoms with Crippen molar-refractivity contribution in [1.29, 1.82) is 0 Å². The third-order valence-corrected chi connectivity index (χ3v) is 5.06. The molecule has 0 fully saturated rings. The van der Waals surface area contributed by atoms with Gasteiger partial charge in [0.25, 0.3) is 0 Å². The van der Waals surface area contributed by atoms with Crippen LogP contribution in [0.2, 0.25) is 10.0 Å². The van der Waals surface area contributed by atoms with Gasteiger partial charge >= 0.3 is 12.1 Å². The van der Waals surface area contributed by atoms with E-state index in [1.165, 1.54) is 0 Å². The summed E-state index contributed by atoms with van der Waals surface area (Å²) in [5.41, 5.74) is 24.8. The number of nitrogens with two attached hydrogens (primary N) is 4. The SMILES string of the molecule is NC(=NCCCCCCN=C(N)/N=C(\N)Nc1ccc(Cl)cc1)/N=C(\N)Nc1ccc(Cl)cc1.O=C(O)C(F)(F)F. The van der Waals surface area contributed by atoms with Crippen LogP contribution >= 0.6 is 23.2 Å². The first-order chi connectivity index (χ1) is 19.3. The minimum atomic E-state index is -5.08. The molecule has 0 heterocycles. The molecule has 0 aliphatic rings. The zero-order chi connectivity index (χ0) is 30.8. The van der Waals surface area contributed by atoms with E-state index >= 15 is 0 Å². The molecule has 2 aromatic carbocycles. The minimum absolute atomic E-state index is 0.124. The van der Waals surface area contributed by atoms with E-state index in [-0.39, 0.29) is 23.8 Å². The standard InChI is InChI=1S/C22H30Cl2N10.C2HF3O2/c23-15-5-9-17(10-6-15)31-21(27)33-19(25)29-13-3-1-2-4-14-30-20(26)34-22(28)32-18-11-7-16(24)8-12-18;3-2(4,5)1(6)7/h5-12H,1-4,13-14H2,(H5,25,27,29,31,33)(H5,26,28,30,32,34);(H,6,7). The number of unbranched alkanes of at least 4 members (excludes halogenated alkanes) is 3. The van der Waals surface area contributed by atoms with E-state index in [4.69, 9.17) is 56.0 Å². The first kappa shape index (κ1) is 34.8. The number of aliphatic imine (C=N–C) groups is 4. The van der Waals surface area contributed by atoms with Crippen LogP contribution in [-0.2, 0) is 4.79 Å². The van der Waals surface area contributed by atoms with E-state index in [2.05, 4.69) is 30.6 Å². The van der Waals surface area contributed by atoms with Gasteiger partial charge in [0.1, 0.15) is 0 Å². The van der Waals surface area contributed by atoms with Crippen molar-refractivity contribution in [3.8, 4) is 0 Å². The van der Waals surface area contributed by atoms with Crippen LogP contribution in [-0.4, -0.2) is 54.2 Å². The highest BCUT2D eigenvalue weighted by molar-refractivity contribution is 6.31. The van der Waals surface area contributed by atoms with Crippen LogP contribution in [0.4, 0.5) is 24.5 Å². The molecule has 0 amide bonds. The quantitative estimate of drug-likeness (QED) is 0.124. The van der Waals surface area contributed by atoms with Crippen LogP contribution in [0.3, 0.4) is 0 Å². The molecule has 0 atom stereocenters. The van der Waals surface area contributed by atoms with Gasteiger partial charge in [-0.25, -0.2) is 4.79 Å². The Balaban J connectivity index is 0.00000106. The summed E-state index contributed by atoms with van der Waals surface area (Å²) >= 11 is 11.7. The van der Waals surface area contributed by atoms with Crippen molar-refractivity contribution >= 4 is 64.4 Å². The van der Waals surface area contributed by atoms with Gasteiger partial charge in [-0.05, 0) is 61.4 Å². The number of nitrogens with zero attached hydrogens (tertiary/aromatic N) is 4. The number of rotatable bonds is 9. The zero-order valence-corrected chi connectivity index (χ0v) is 23.2. The van der Waals surface area contributed by atoms with Gasteiger partial charge in [-0.15, -0.1) is 0 Å². The molecule has 0 aliphatic heterocycles. The van der Waals surface area contributed by atoms with E-state index in [9.17, 15) is 13.2 Å². The van der Waals surface area contributed by atoms with Crippen molar-refractivity contribution in [2.75, 3.05) is 23.7 Å². The predicted octanol–water partition coefficient (Wildman–Crippen LogP) is 3.97. The number of anilines is 2. The lowest BCUT2D eigenvalue weighted by Gasteiger charge is -2.05. The summed E-state index contributed by atoms with van der Waals surface area (Å²) in [4.78, 5) is 25.4. The first-order valence-corrected chi connectivity index (χ1v) is 12.7. The van der Waals surface area contributed by atoms with E-state index in [0.717, 1.165) is 37.1 Å². The van der Waals surface area contributed by atoms with Crippen molar-refractivity contribution in [3.05, 3.63) is 58.6 Å². The Morgan fingerprint density at radius 1 is 0.707 bits per heavy atom. The van der Waals surface area contributed by atoms with E-state index in [0.29, 0.717) is 23.1 Å². The molecule has 12 nitrogen and oxygen atoms in total. The molecule has 2 rings (SSSR count). The number of hydrogen-bond donors (Lipinski definition) is 7. The molecule has 17 heteroatoms. The van der Waals surface area contributed by atoms with Gasteiger partial charge in [-0.1, -0.05) is 36.0 Å². The maximum Gasteiger partial charge on any atom is 0.490 e. The summed E-state index contributed by atoms with van der Waals surface area (Å²) in [6.07, 6.45) is -1.40. The van der Waals surface area contributed by atoms with Crippen molar-refractivity contribution in [2.45, 2.75) is 31.9 Å². The molecule has 0 aliphatic carbocycles. The predicted molar refractivity (Wildman–Crippen MR) is 159 cm³/mol. The average molecular weight is 619 g/mol. The summed E-state index contributed by atoms with van der Waals surface area (Å²) in [7, 11) is 0. The first-order valence-electron chi connectivity index (χ1n) is 11.9. The molecular weight excluding hydrogens is 588 g/mol. The molecule has 0 spiro atoms. The Morgan fingerprint density at radius 2 is 1.02 bits per heavy atom. The minimum Gasteiger partial charge on any atom is -0.475 e. The highest BCUT2D eigenvalue weighted by atomic mass is 35.5. The lowest BCUT2D eigenvalue weighted by Crippen LogP contribution is -2.26. The number of guanidine groups is 4. The summed E-state index contributed by atoms with van der Waals surface area (Å²) < 4.78 is 31.7. The van der Waals surface area contributed by atoms with Gasteiger partial charge in [0.2, 0.25) is 23.8 Å². The maximum atomic E-state index is 10.6. The second kappa shape index (κ2) is 18.2. The Labute approximate surface area is 244 Å². The molecule has 0 bridgehead atoms. The number of nitrogens with one attached hydrogen (secondary N) is 2. The normalized spacial score (nSPS) is 12.8. The smallest absolute Gasteiger partial charge is 0.475 e. The number of carbonyl (C=O) groups is 1. The molecule has 0 aromatic heterocycles. The second-order valence-corrected chi connectivity index (χ2v) is 8.83. The van der Waals surface area contributed by atoms with E-state index < -0.39 is 12.1 Å². The number of halogens is 5. The van der Waals surface area contributed by atoms with Gasteiger partial charge in [-0.3, -0.25) is 9.98 Å². The number of benzene rings is 2. The third-order valence-electron chi connectivity index (χ3n) is 4.56. The summed E-state index contributed by atoms with van der Waals surface area (Å²) in [6.45, 7) is 1.12. The van der Waals surface area contributed by atoms with Crippen molar-refractivity contribution in [2.24, 2.45) is 42.9 Å². The Bertz CT molecular complexity index is 1140. The van der Waals surface area contributed by atoms with Crippen LogP contribution in [0.5, 0.6) is 0 Å². The van der Waals surface area contributed by atoms with E-state index in [1.54, 1.807) is 48.5 Å². The van der Waals surface area contributed by atoms with E-state index in [1.807, 2.05) is 0 Å². The fraction of sp³-hybridized carbons (Fsp3) is 0.292. The molecule has 0 saturated heterocycles.